The normalized spacial score (nSPS) is 17.2. The molecule has 1 saturated heterocycles. The number of halogens is 3. The number of alkyl halides is 3. The third kappa shape index (κ3) is 5.21. The van der Waals surface area contributed by atoms with Crippen molar-refractivity contribution < 1.29 is 18.0 Å². The lowest BCUT2D eigenvalue weighted by Crippen LogP contribution is -2.46. The molecule has 0 radical (unpaired) electrons. The minimum Gasteiger partial charge on any atom is -0.325 e. The van der Waals surface area contributed by atoms with Crippen LogP contribution in [0.5, 0.6) is 0 Å². The summed E-state index contributed by atoms with van der Waals surface area (Å²) in [6.07, 6.45) is -4.28. The van der Waals surface area contributed by atoms with Crippen molar-refractivity contribution in [2.75, 3.05) is 44.6 Å². The number of anilines is 1. The molecule has 23 heavy (non-hydrogen) atoms. The van der Waals surface area contributed by atoms with Crippen molar-refractivity contribution >= 4 is 11.6 Å². The summed E-state index contributed by atoms with van der Waals surface area (Å²) < 4.78 is 38.6. The maximum atomic E-state index is 12.9. The number of likely N-dealkylation sites (N-methyl/N-ethyl adjacent to an activating group) is 1. The van der Waals surface area contributed by atoms with Gasteiger partial charge in [-0.3, -0.25) is 4.79 Å². The lowest BCUT2D eigenvalue weighted by molar-refractivity contribution is -0.137. The SMILES string of the molecule is CCN1CCN(CCC(=O)Nc2ccccc2C(F)(F)F)CC1. The number of hydrogen-bond donors (Lipinski definition) is 1. The predicted molar refractivity (Wildman–Crippen MR) is 83.2 cm³/mol. The fraction of sp³-hybridized carbons (Fsp3) is 0.562. The number of nitrogens with zero attached hydrogens (tertiary/aromatic N) is 2. The van der Waals surface area contributed by atoms with Gasteiger partial charge in [-0.15, -0.1) is 0 Å². The summed E-state index contributed by atoms with van der Waals surface area (Å²) in [6, 6.07) is 5.04. The molecule has 0 aromatic heterocycles. The van der Waals surface area contributed by atoms with Gasteiger partial charge >= 0.3 is 6.18 Å². The Morgan fingerprint density at radius 2 is 1.74 bits per heavy atom. The van der Waals surface area contributed by atoms with Crippen LogP contribution in [0.4, 0.5) is 18.9 Å². The largest absolute Gasteiger partial charge is 0.418 e. The summed E-state index contributed by atoms with van der Waals surface area (Å²) in [5, 5.41) is 2.38. The average molecular weight is 329 g/mol. The molecule has 0 unspecified atom stereocenters. The van der Waals surface area contributed by atoms with Gasteiger partial charge in [0.25, 0.3) is 0 Å². The van der Waals surface area contributed by atoms with E-state index in [0.29, 0.717) is 6.54 Å². The third-order valence-electron chi connectivity index (χ3n) is 4.07. The van der Waals surface area contributed by atoms with Crippen molar-refractivity contribution in [3.8, 4) is 0 Å². The molecule has 1 aliphatic rings. The number of benzene rings is 1. The first-order valence-electron chi connectivity index (χ1n) is 7.81. The van der Waals surface area contributed by atoms with E-state index in [4.69, 9.17) is 0 Å². The molecular formula is C16H22F3N3O. The molecule has 1 fully saturated rings. The molecule has 0 spiro atoms. The molecule has 1 amide bonds. The number of carbonyl (C=O) groups excluding carboxylic acids is 1. The summed E-state index contributed by atoms with van der Waals surface area (Å²) in [6.45, 7) is 7.41. The molecule has 1 N–H and O–H groups in total. The van der Waals surface area contributed by atoms with Gasteiger partial charge in [-0.05, 0) is 18.7 Å². The molecule has 1 heterocycles. The Morgan fingerprint density at radius 1 is 1.13 bits per heavy atom. The topological polar surface area (TPSA) is 35.6 Å². The predicted octanol–water partition coefficient (Wildman–Crippen LogP) is 2.67. The van der Waals surface area contributed by atoms with E-state index >= 15 is 0 Å². The van der Waals surface area contributed by atoms with Crippen LogP contribution in [0.15, 0.2) is 24.3 Å². The van der Waals surface area contributed by atoms with E-state index in [1.165, 1.54) is 18.2 Å². The summed E-state index contributed by atoms with van der Waals surface area (Å²) in [5.74, 6) is -0.389. The van der Waals surface area contributed by atoms with E-state index in [0.717, 1.165) is 38.8 Å². The van der Waals surface area contributed by atoms with Gasteiger partial charge in [0.2, 0.25) is 5.91 Å². The zero-order chi connectivity index (χ0) is 16.9. The Balaban J connectivity index is 1.84. The van der Waals surface area contributed by atoms with Gasteiger partial charge in [-0.2, -0.15) is 13.2 Å². The standard InChI is InChI=1S/C16H22F3N3O/c1-2-21-9-11-22(12-10-21)8-7-15(23)20-14-6-4-3-5-13(14)16(17,18)19/h3-6H,2,7-12H2,1H3,(H,20,23). The Hall–Kier alpha value is -1.60. The molecule has 7 heteroatoms. The molecular weight excluding hydrogens is 307 g/mol. The second-order valence-corrected chi connectivity index (χ2v) is 5.62. The number of carbonyl (C=O) groups is 1. The zero-order valence-corrected chi connectivity index (χ0v) is 13.2. The first-order valence-corrected chi connectivity index (χ1v) is 7.81. The van der Waals surface area contributed by atoms with Crippen LogP contribution in [0.1, 0.15) is 18.9 Å². The number of piperazine rings is 1. The monoisotopic (exact) mass is 329 g/mol. The van der Waals surface area contributed by atoms with Gasteiger partial charge in [-0.1, -0.05) is 19.1 Å². The van der Waals surface area contributed by atoms with Gasteiger partial charge in [0.05, 0.1) is 11.3 Å². The first kappa shape index (κ1) is 17.7. The smallest absolute Gasteiger partial charge is 0.325 e. The fourth-order valence-corrected chi connectivity index (χ4v) is 2.64. The fourth-order valence-electron chi connectivity index (χ4n) is 2.64. The average Bonchev–Trinajstić information content (AvgIpc) is 2.53. The molecule has 0 bridgehead atoms. The molecule has 0 aliphatic carbocycles. The van der Waals surface area contributed by atoms with Gasteiger partial charge in [0.15, 0.2) is 0 Å². The van der Waals surface area contributed by atoms with E-state index in [9.17, 15) is 18.0 Å². The summed E-state index contributed by atoms with van der Waals surface area (Å²) in [7, 11) is 0. The zero-order valence-electron chi connectivity index (χ0n) is 13.2. The van der Waals surface area contributed by atoms with Crippen LogP contribution in [0.2, 0.25) is 0 Å². The van der Waals surface area contributed by atoms with Crippen LogP contribution >= 0.6 is 0 Å². The Bertz CT molecular complexity index is 526. The second kappa shape index (κ2) is 7.79. The number of nitrogens with one attached hydrogen (secondary N) is 1. The maximum Gasteiger partial charge on any atom is 0.418 e. The Kier molecular flexibility index (Phi) is 6.01. The van der Waals surface area contributed by atoms with Crippen LogP contribution < -0.4 is 5.32 Å². The van der Waals surface area contributed by atoms with Crippen LogP contribution in [0.3, 0.4) is 0 Å². The molecule has 2 rings (SSSR count). The van der Waals surface area contributed by atoms with E-state index in [1.807, 2.05) is 0 Å². The van der Waals surface area contributed by atoms with Gasteiger partial charge in [-0.25, -0.2) is 0 Å². The second-order valence-electron chi connectivity index (χ2n) is 5.62. The minimum atomic E-state index is -4.47. The third-order valence-corrected chi connectivity index (χ3v) is 4.07. The van der Waals surface area contributed by atoms with Gasteiger partial charge < -0.3 is 15.1 Å². The van der Waals surface area contributed by atoms with Crippen LogP contribution in [-0.4, -0.2) is 55.0 Å². The Morgan fingerprint density at radius 3 is 2.35 bits per heavy atom. The van der Waals surface area contributed by atoms with Crippen molar-refractivity contribution in [3.05, 3.63) is 29.8 Å². The number of para-hydroxylation sites is 1. The summed E-state index contributed by atoms with van der Waals surface area (Å²) >= 11 is 0. The molecule has 0 saturated carbocycles. The highest BCUT2D eigenvalue weighted by atomic mass is 19.4. The first-order chi connectivity index (χ1) is 10.9. The van der Waals surface area contributed by atoms with Gasteiger partial charge in [0, 0.05) is 39.1 Å². The molecule has 1 aliphatic heterocycles. The minimum absolute atomic E-state index is 0.180. The molecule has 0 atom stereocenters. The van der Waals surface area contributed by atoms with Crippen molar-refractivity contribution in [3.63, 3.8) is 0 Å². The van der Waals surface area contributed by atoms with Crippen molar-refractivity contribution in [1.29, 1.82) is 0 Å². The van der Waals surface area contributed by atoms with E-state index in [-0.39, 0.29) is 18.0 Å². The van der Waals surface area contributed by atoms with Crippen molar-refractivity contribution in [2.24, 2.45) is 0 Å². The van der Waals surface area contributed by atoms with Crippen LogP contribution in [0, 0.1) is 0 Å². The highest BCUT2D eigenvalue weighted by molar-refractivity contribution is 5.91. The van der Waals surface area contributed by atoms with Crippen LogP contribution in [0.25, 0.3) is 0 Å². The van der Waals surface area contributed by atoms with Crippen molar-refractivity contribution in [1.82, 2.24) is 9.80 Å². The molecule has 1 aromatic rings. The Labute approximate surface area is 134 Å². The van der Waals surface area contributed by atoms with E-state index in [1.54, 1.807) is 0 Å². The molecule has 1 aromatic carbocycles. The number of amides is 1. The maximum absolute atomic E-state index is 12.9. The lowest BCUT2D eigenvalue weighted by Gasteiger charge is -2.33. The lowest BCUT2D eigenvalue weighted by atomic mass is 10.1. The van der Waals surface area contributed by atoms with E-state index < -0.39 is 11.7 Å². The number of hydrogen-bond acceptors (Lipinski definition) is 3. The summed E-state index contributed by atoms with van der Waals surface area (Å²) in [4.78, 5) is 16.4. The molecule has 128 valence electrons. The highest BCUT2D eigenvalue weighted by Crippen LogP contribution is 2.34. The number of rotatable bonds is 5. The summed E-state index contributed by atoms with van der Waals surface area (Å²) in [5.41, 5.74) is -0.995. The van der Waals surface area contributed by atoms with E-state index in [2.05, 4.69) is 22.0 Å². The highest BCUT2D eigenvalue weighted by Gasteiger charge is 2.33. The van der Waals surface area contributed by atoms with Gasteiger partial charge in [0.1, 0.15) is 0 Å². The van der Waals surface area contributed by atoms with Crippen molar-refractivity contribution in [2.45, 2.75) is 19.5 Å². The molecule has 4 nitrogen and oxygen atoms in total. The van der Waals surface area contributed by atoms with Crippen LogP contribution in [-0.2, 0) is 11.0 Å². The quantitative estimate of drug-likeness (QED) is 0.902.